The highest BCUT2D eigenvalue weighted by atomic mass is 16.6. The van der Waals surface area contributed by atoms with Crippen LogP contribution < -0.4 is 14.8 Å². The van der Waals surface area contributed by atoms with E-state index in [-0.39, 0.29) is 40.6 Å². The van der Waals surface area contributed by atoms with E-state index in [1.54, 1.807) is 60.7 Å². The zero-order chi connectivity index (χ0) is 24.1. The average molecular weight is 459 g/mol. The number of hydrogen-bond donors (Lipinski definition) is 1. The third-order valence-corrected chi connectivity index (χ3v) is 5.08. The number of benzene rings is 3. The van der Waals surface area contributed by atoms with Crippen molar-refractivity contribution in [1.29, 1.82) is 0 Å². The molecule has 8 heteroatoms. The number of anilines is 1. The fraction of sp³-hybridized carbons (Fsp3) is 0.154. The van der Waals surface area contributed by atoms with Gasteiger partial charge in [0.1, 0.15) is 11.5 Å². The molecule has 1 N–H and O–H groups in total. The van der Waals surface area contributed by atoms with Gasteiger partial charge in [-0.15, -0.1) is 0 Å². The van der Waals surface area contributed by atoms with Gasteiger partial charge in [-0.25, -0.2) is 4.79 Å². The first-order valence-corrected chi connectivity index (χ1v) is 10.6. The van der Waals surface area contributed by atoms with E-state index in [1.807, 2.05) is 6.92 Å². The third kappa shape index (κ3) is 4.80. The van der Waals surface area contributed by atoms with Crippen molar-refractivity contribution < 1.29 is 33.4 Å². The van der Waals surface area contributed by atoms with Gasteiger partial charge in [-0.05, 0) is 37.3 Å². The standard InChI is InChI=1S/C26H21NO7/c1-2-32-16-10-12-17(13-11-16)33-15-23(29)34-14-22(28)27-21-9-5-8-20-24(21)26(31)19-7-4-3-6-18(19)25(20)30/h3-13H,2,14-15H2,1H3,(H,27,28). The molecule has 0 radical (unpaired) electrons. The van der Waals surface area contributed by atoms with Gasteiger partial charge in [0.25, 0.3) is 5.91 Å². The highest BCUT2D eigenvalue weighted by Gasteiger charge is 2.31. The Morgan fingerprint density at radius 2 is 1.35 bits per heavy atom. The summed E-state index contributed by atoms with van der Waals surface area (Å²) in [6, 6.07) is 17.9. The van der Waals surface area contributed by atoms with E-state index in [9.17, 15) is 19.2 Å². The number of carbonyl (C=O) groups excluding carboxylic acids is 4. The van der Waals surface area contributed by atoms with Crippen LogP contribution in [0.4, 0.5) is 5.69 Å². The SMILES string of the molecule is CCOc1ccc(OCC(=O)OCC(=O)Nc2cccc3c2C(=O)c2ccccc2C3=O)cc1. The normalized spacial score (nSPS) is 11.8. The predicted molar refractivity (Wildman–Crippen MR) is 122 cm³/mol. The molecule has 172 valence electrons. The zero-order valence-corrected chi connectivity index (χ0v) is 18.3. The van der Waals surface area contributed by atoms with E-state index in [0.29, 0.717) is 23.7 Å². The second kappa shape index (κ2) is 9.99. The molecule has 4 rings (SSSR count). The Hall–Kier alpha value is -4.46. The van der Waals surface area contributed by atoms with Crippen molar-refractivity contribution in [3.8, 4) is 11.5 Å². The average Bonchev–Trinajstić information content (AvgIpc) is 2.86. The molecule has 0 saturated carbocycles. The number of ketones is 2. The summed E-state index contributed by atoms with van der Waals surface area (Å²) in [6.45, 7) is 1.46. The van der Waals surface area contributed by atoms with Crippen LogP contribution in [-0.4, -0.2) is 43.3 Å². The number of rotatable bonds is 8. The van der Waals surface area contributed by atoms with Gasteiger partial charge in [-0.3, -0.25) is 14.4 Å². The molecule has 0 saturated heterocycles. The van der Waals surface area contributed by atoms with Crippen LogP contribution in [0.1, 0.15) is 38.8 Å². The number of nitrogens with one attached hydrogen (secondary N) is 1. The van der Waals surface area contributed by atoms with Crippen LogP contribution in [0.3, 0.4) is 0 Å². The third-order valence-electron chi connectivity index (χ3n) is 5.08. The lowest BCUT2D eigenvalue weighted by Gasteiger charge is -2.20. The molecule has 0 bridgehead atoms. The summed E-state index contributed by atoms with van der Waals surface area (Å²) >= 11 is 0. The van der Waals surface area contributed by atoms with E-state index in [0.717, 1.165) is 0 Å². The van der Waals surface area contributed by atoms with Crippen LogP contribution in [0.25, 0.3) is 0 Å². The van der Waals surface area contributed by atoms with Crippen molar-refractivity contribution >= 4 is 29.1 Å². The highest BCUT2D eigenvalue weighted by Crippen LogP contribution is 2.31. The molecule has 0 aliphatic heterocycles. The molecule has 0 unspecified atom stereocenters. The Balaban J connectivity index is 1.34. The fourth-order valence-corrected chi connectivity index (χ4v) is 3.56. The van der Waals surface area contributed by atoms with Crippen LogP contribution in [0, 0.1) is 0 Å². The summed E-state index contributed by atoms with van der Waals surface area (Å²) in [4.78, 5) is 50.1. The summed E-state index contributed by atoms with van der Waals surface area (Å²) < 4.78 is 15.6. The molecule has 1 aliphatic rings. The number of amides is 1. The van der Waals surface area contributed by atoms with Crippen molar-refractivity contribution in [2.75, 3.05) is 25.1 Å². The molecule has 0 spiro atoms. The first-order chi connectivity index (χ1) is 16.5. The van der Waals surface area contributed by atoms with Crippen LogP contribution in [0.5, 0.6) is 11.5 Å². The Kier molecular flexibility index (Phi) is 6.68. The summed E-state index contributed by atoms with van der Waals surface area (Å²) in [5, 5.41) is 2.56. The molecule has 0 atom stereocenters. The summed E-state index contributed by atoms with van der Waals surface area (Å²) in [5.41, 5.74) is 1.11. The summed E-state index contributed by atoms with van der Waals surface area (Å²) in [6.07, 6.45) is 0. The summed E-state index contributed by atoms with van der Waals surface area (Å²) in [5.74, 6) is -0.910. The number of hydrogen-bond acceptors (Lipinski definition) is 7. The van der Waals surface area contributed by atoms with Gasteiger partial charge in [0.15, 0.2) is 24.8 Å². The van der Waals surface area contributed by atoms with E-state index in [4.69, 9.17) is 14.2 Å². The Labute approximate surface area is 195 Å². The van der Waals surface area contributed by atoms with Gasteiger partial charge in [0, 0.05) is 16.7 Å². The smallest absolute Gasteiger partial charge is 0.344 e. The minimum Gasteiger partial charge on any atom is -0.494 e. The lowest BCUT2D eigenvalue weighted by molar-refractivity contribution is -0.149. The van der Waals surface area contributed by atoms with Crippen molar-refractivity contribution in [1.82, 2.24) is 0 Å². The molecule has 1 aliphatic carbocycles. The molecule has 0 heterocycles. The van der Waals surface area contributed by atoms with E-state index in [1.165, 1.54) is 6.07 Å². The molecule has 0 aromatic heterocycles. The predicted octanol–water partition coefficient (Wildman–Crippen LogP) is 3.42. The van der Waals surface area contributed by atoms with Crippen molar-refractivity contribution in [3.63, 3.8) is 0 Å². The lowest BCUT2D eigenvalue weighted by Crippen LogP contribution is -2.26. The topological polar surface area (TPSA) is 108 Å². The van der Waals surface area contributed by atoms with E-state index >= 15 is 0 Å². The Morgan fingerprint density at radius 3 is 2.03 bits per heavy atom. The second-order valence-corrected chi connectivity index (χ2v) is 7.33. The number of ether oxygens (including phenoxy) is 3. The van der Waals surface area contributed by atoms with Gasteiger partial charge in [0.05, 0.1) is 17.9 Å². The molecule has 34 heavy (non-hydrogen) atoms. The molecule has 3 aromatic rings. The first-order valence-electron chi connectivity index (χ1n) is 10.6. The van der Waals surface area contributed by atoms with Crippen LogP contribution >= 0.6 is 0 Å². The van der Waals surface area contributed by atoms with Gasteiger partial charge < -0.3 is 19.5 Å². The lowest BCUT2D eigenvalue weighted by atomic mass is 9.83. The zero-order valence-electron chi connectivity index (χ0n) is 18.3. The quantitative estimate of drug-likeness (QED) is 0.402. The van der Waals surface area contributed by atoms with Crippen molar-refractivity contribution in [2.45, 2.75) is 6.92 Å². The molecule has 1 amide bonds. The van der Waals surface area contributed by atoms with Crippen molar-refractivity contribution in [3.05, 3.63) is 89.0 Å². The maximum absolute atomic E-state index is 13.0. The highest BCUT2D eigenvalue weighted by molar-refractivity contribution is 6.30. The maximum atomic E-state index is 13.0. The number of carbonyl (C=O) groups is 4. The monoisotopic (exact) mass is 459 g/mol. The maximum Gasteiger partial charge on any atom is 0.344 e. The molecular formula is C26H21NO7. The minimum absolute atomic E-state index is 0.115. The Morgan fingerprint density at radius 1 is 0.735 bits per heavy atom. The molecular weight excluding hydrogens is 438 g/mol. The van der Waals surface area contributed by atoms with E-state index in [2.05, 4.69) is 5.32 Å². The van der Waals surface area contributed by atoms with Crippen LogP contribution in [0.15, 0.2) is 66.7 Å². The molecule has 3 aromatic carbocycles. The Bertz CT molecular complexity index is 1260. The van der Waals surface area contributed by atoms with Gasteiger partial charge in [0.2, 0.25) is 0 Å². The van der Waals surface area contributed by atoms with Crippen LogP contribution in [-0.2, 0) is 14.3 Å². The van der Waals surface area contributed by atoms with Gasteiger partial charge >= 0.3 is 5.97 Å². The number of fused-ring (bicyclic) bond motifs is 2. The van der Waals surface area contributed by atoms with E-state index < -0.39 is 18.5 Å². The van der Waals surface area contributed by atoms with Crippen molar-refractivity contribution in [2.24, 2.45) is 0 Å². The number of esters is 1. The van der Waals surface area contributed by atoms with Gasteiger partial charge in [-0.1, -0.05) is 36.4 Å². The first kappa shape index (κ1) is 22.7. The fourth-order valence-electron chi connectivity index (χ4n) is 3.56. The second-order valence-electron chi connectivity index (χ2n) is 7.33. The van der Waals surface area contributed by atoms with Crippen LogP contribution in [0.2, 0.25) is 0 Å². The summed E-state index contributed by atoms with van der Waals surface area (Å²) in [7, 11) is 0. The largest absolute Gasteiger partial charge is 0.494 e. The minimum atomic E-state index is -0.737. The molecule has 8 nitrogen and oxygen atoms in total. The van der Waals surface area contributed by atoms with Gasteiger partial charge in [-0.2, -0.15) is 0 Å². The molecule has 0 fully saturated rings.